The summed E-state index contributed by atoms with van der Waals surface area (Å²) in [5, 5.41) is 8.21. The van der Waals surface area contributed by atoms with Crippen LogP contribution in [0.5, 0.6) is 0 Å². The van der Waals surface area contributed by atoms with Gasteiger partial charge in [0.1, 0.15) is 0 Å². The molecule has 2 fully saturated rings. The molecule has 0 spiro atoms. The molecular formula is C20H36N6. The van der Waals surface area contributed by atoms with Crippen molar-refractivity contribution < 1.29 is 0 Å². The smallest absolute Gasteiger partial charge is 0.194 e. The van der Waals surface area contributed by atoms with Crippen molar-refractivity contribution >= 4 is 5.96 Å². The molecule has 0 amide bonds. The average Bonchev–Trinajstić information content (AvgIpc) is 3.37. The maximum Gasteiger partial charge on any atom is 0.194 e. The van der Waals surface area contributed by atoms with E-state index in [1.807, 2.05) is 4.68 Å². The Labute approximate surface area is 158 Å². The predicted molar refractivity (Wildman–Crippen MR) is 108 cm³/mol. The summed E-state index contributed by atoms with van der Waals surface area (Å²) in [5.74, 6) is 1.07. The maximum absolute atomic E-state index is 5.02. The van der Waals surface area contributed by atoms with Gasteiger partial charge in [0.25, 0.3) is 0 Å². The zero-order valence-corrected chi connectivity index (χ0v) is 17.1. The Kier molecular flexibility index (Phi) is 6.57. The van der Waals surface area contributed by atoms with E-state index in [1.54, 1.807) is 0 Å². The molecule has 1 N–H and O–H groups in total. The molecule has 6 nitrogen and oxygen atoms in total. The van der Waals surface area contributed by atoms with Gasteiger partial charge in [-0.2, -0.15) is 5.10 Å². The lowest BCUT2D eigenvalue weighted by Gasteiger charge is -2.25. The van der Waals surface area contributed by atoms with Crippen LogP contribution in [-0.2, 0) is 26.4 Å². The fraction of sp³-hybridized carbons (Fsp3) is 0.800. The number of hydrogen-bond acceptors (Lipinski definition) is 3. The van der Waals surface area contributed by atoms with Crippen molar-refractivity contribution in [3.8, 4) is 0 Å². The number of likely N-dealkylation sites (tertiary alicyclic amines) is 2. The first-order chi connectivity index (χ1) is 12.7. The summed E-state index contributed by atoms with van der Waals surface area (Å²) < 4.78 is 2.04. The van der Waals surface area contributed by atoms with Crippen molar-refractivity contribution in [3.63, 3.8) is 0 Å². The molecule has 26 heavy (non-hydrogen) atoms. The van der Waals surface area contributed by atoms with Crippen LogP contribution >= 0.6 is 0 Å². The van der Waals surface area contributed by atoms with Gasteiger partial charge in [-0.1, -0.05) is 13.8 Å². The standard InChI is InChI=1S/C20H36N6/c1-5-18-17(19(6-2)24(4)23-18)14-22-20(21-7-3)26-13-10-16(15-26)25-11-8-9-12-25/h16H,5-15H2,1-4H3,(H,21,22). The van der Waals surface area contributed by atoms with Crippen molar-refractivity contribution in [1.82, 2.24) is 24.9 Å². The molecule has 1 aromatic heterocycles. The summed E-state index contributed by atoms with van der Waals surface area (Å²) in [5.41, 5.74) is 3.83. The number of aryl methyl sites for hydroxylation is 2. The Morgan fingerprint density at radius 3 is 2.58 bits per heavy atom. The summed E-state index contributed by atoms with van der Waals surface area (Å²) in [6.45, 7) is 13.0. The van der Waals surface area contributed by atoms with Crippen molar-refractivity contribution in [1.29, 1.82) is 0 Å². The van der Waals surface area contributed by atoms with E-state index in [1.165, 1.54) is 49.3 Å². The van der Waals surface area contributed by atoms with E-state index in [2.05, 4.69) is 42.9 Å². The SMILES string of the molecule is CCNC(=NCc1c(CC)nn(C)c1CC)N1CCC(N2CCCC2)C1. The van der Waals surface area contributed by atoms with Crippen LogP contribution < -0.4 is 5.32 Å². The number of nitrogens with zero attached hydrogens (tertiary/aromatic N) is 5. The Morgan fingerprint density at radius 1 is 1.15 bits per heavy atom. The molecular weight excluding hydrogens is 324 g/mol. The zero-order chi connectivity index (χ0) is 18.5. The van der Waals surface area contributed by atoms with Gasteiger partial charge in [0.15, 0.2) is 5.96 Å². The van der Waals surface area contributed by atoms with Crippen LogP contribution in [0, 0.1) is 0 Å². The van der Waals surface area contributed by atoms with Crippen LogP contribution in [0.25, 0.3) is 0 Å². The van der Waals surface area contributed by atoms with E-state index in [0.717, 1.165) is 45.0 Å². The second-order valence-electron chi connectivity index (χ2n) is 7.50. The first-order valence-corrected chi connectivity index (χ1v) is 10.5. The second kappa shape index (κ2) is 8.89. The predicted octanol–water partition coefficient (Wildman–Crippen LogP) is 2.18. The molecule has 3 heterocycles. The molecule has 2 saturated heterocycles. The Hall–Kier alpha value is -1.56. The largest absolute Gasteiger partial charge is 0.357 e. The average molecular weight is 361 g/mol. The number of nitrogens with one attached hydrogen (secondary N) is 1. The lowest BCUT2D eigenvalue weighted by molar-refractivity contribution is 0.249. The molecule has 1 unspecified atom stereocenters. The first kappa shape index (κ1) is 19.2. The van der Waals surface area contributed by atoms with Crippen molar-refractivity contribution in [2.24, 2.45) is 12.0 Å². The van der Waals surface area contributed by atoms with Crippen LogP contribution in [0.4, 0.5) is 0 Å². The molecule has 2 aliphatic rings. The van der Waals surface area contributed by atoms with E-state index in [4.69, 9.17) is 10.1 Å². The highest BCUT2D eigenvalue weighted by molar-refractivity contribution is 5.80. The summed E-state index contributed by atoms with van der Waals surface area (Å²) in [6, 6.07) is 0.706. The van der Waals surface area contributed by atoms with Crippen molar-refractivity contribution in [2.75, 3.05) is 32.7 Å². The Morgan fingerprint density at radius 2 is 1.92 bits per heavy atom. The minimum atomic E-state index is 0.706. The monoisotopic (exact) mass is 360 g/mol. The van der Waals surface area contributed by atoms with E-state index in [9.17, 15) is 0 Å². The summed E-state index contributed by atoms with van der Waals surface area (Å²) in [7, 11) is 2.05. The third kappa shape index (κ3) is 4.05. The lowest BCUT2D eigenvalue weighted by atomic mass is 10.1. The second-order valence-corrected chi connectivity index (χ2v) is 7.50. The third-order valence-electron chi connectivity index (χ3n) is 5.87. The summed E-state index contributed by atoms with van der Waals surface area (Å²) >= 11 is 0. The van der Waals surface area contributed by atoms with Gasteiger partial charge >= 0.3 is 0 Å². The highest BCUT2D eigenvalue weighted by Crippen LogP contribution is 2.21. The molecule has 6 heteroatoms. The molecule has 146 valence electrons. The van der Waals surface area contributed by atoms with Crippen molar-refractivity contribution in [2.45, 2.75) is 65.5 Å². The van der Waals surface area contributed by atoms with E-state index < -0.39 is 0 Å². The Balaban J connectivity index is 1.72. The van der Waals surface area contributed by atoms with Gasteiger partial charge in [-0.05, 0) is 52.1 Å². The molecule has 1 aromatic rings. The maximum atomic E-state index is 5.02. The van der Waals surface area contributed by atoms with Crippen LogP contribution in [-0.4, -0.2) is 64.3 Å². The molecule has 0 aliphatic carbocycles. The van der Waals surface area contributed by atoms with Gasteiger partial charge in [-0.25, -0.2) is 4.99 Å². The summed E-state index contributed by atoms with van der Waals surface area (Å²) in [6.07, 6.45) is 5.97. The zero-order valence-electron chi connectivity index (χ0n) is 17.1. The van der Waals surface area contributed by atoms with Gasteiger partial charge < -0.3 is 10.2 Å². The van der Waals surface area contributed by atoms with E-state index in [-0.39, 0.29) is 0 Å². The number of aliphatic imine (C=N–C) groups is 1. The van der Waals surface area contributed by atoms with Gasteiger partial charge in [0.05, 0.1) is 12.2 Å². The highest BCUT2D eigenvalue weighted by atomic mass is 15.3. The van der Waals surface area contributed by atoms with Gasteiger partial charge in [0.2, 0.25) is 0 Å². The molecule has 3 rings (SSSR count). The minimum absolute atomic E-state index is 0.706. The number of rotatable bonds is 6. The van der Waals surface area contributed by atoms with Crippen LogP contribution in [0.2, 0.25) is 0 Å². The normalized spacial score (nSPS) is 21.8. The number of aromatic nitrogens is 2. The number of guanidine groups is 1. The molecule has 0 saturated carbocycles. The van der Waals surface area contributed by atoms with Crippen LogP contribution in [0.1, 0.15) is 57.0 Å². The quantitative estimate of drug-likeness (QED) is 0.624. The van der Waals surface area contributed by atoms with Crippen LogP contribution in [0.3, 0.4) is 0 Å². The Bertz CT molecular complexity index is 614. The fourth-order valence-corrected chi connectivity index (χ4v) is 4.49. The molecule has 1 atom stereocenters. The fourth-order valence-electron chi connectivity index (χ4n) is 4.49. The third-order valence-corrected chi connectivity index (χ3v) is 5.87. The molecule has 2 aliphatic heterocycles. The molecule has 0 bridgehead atoms. The summed E-state index contributed by atoms with van der Waals surface area (Å²) in [4.78, 5) is 10.2. The topological polar surface area (TPSA) is 48.7 Å². The minimum Gasteiger partial charge on any atom is -0.357 e. The van der Waals surface area contributed by atoms with E-state index >= 15 is 0 Å². The molecule has 0 aromatic carbocycles. The lowest BCUT2D eigenvalue weighted by Crippen LogP contribution is -2.42. The van der Waals surface area contributed by atoms with E-state index in [0.29, 0.717) is 6.04 Å². The van der Waals surface area contributed by atoms with Crippen molar-refractivity contribution in [3.05, 3.63) is 17.0 Å². The first-order valence-electron chi connectivity index (χ1n) is 10.5. The van der Waals surface area contributed by atoms with Gasteiger partial charge in [-0.15, -0.1) is 0 Å². The highest BCUT2D eigenvalue weighted by Gasteiger charge is 2.30. The van der Waals surface area contributed by atoms with Crippen LogP contribution in [0.15, 0.2) is 4.99 Å². The van der Waals surface area contributed by atoms with Gasteiger partial charge in [0, 0.05) is 44.0 Å². The van der Waals surface area contributed by atoms with Gasteiger partial charge in [-0.3, -0.25) is 9.58 Å². The number of hydrogen-bond donors (Lipinski definition) is 1. The molecule has 0 radical (unpaired) electrons.